The summed E-state index contributed by atoms with van der Waals surface area (Å²) in [6.07, 6.45) is -0.0919. The van der Waals surface area contributed by atoms with E-state index in [9.17, 15) is 4.79 Å². The minimum absolute atomic E-state index is 0.0500. The SMILES string of the molecule is CC(C)OC(=S)NC(=O)c1c(Cl)n(C)c2ccccc12. The number of nitrogens with one attached hydrogen (secondary N) is 1. The first-order valence-corrected chi connectivity index (χ1v) is 6.95. The van der Waals surface area contributed by atoms with E-state index >= 15 is 0 Å². The quantitative estimate of drug-likeness (QED) is 0.866. The summed E-state index contributed by atoms with van der Waals surface area (Å²) in [7, 11) is 1.81. The van der Waals surface area contributed by atoms with Crippen LogP contribution in [0.4, 0.5) is 0 Å². The van der Waals surface area contributed by atoms with E-state index in [1.165, 1.54) is 0 Å². The Morgan fingerprint density at radius 1 is 1.40 bits per heavy atom. The fraction of sp³-hybridized carbons (Fsp3) is 0.286. The molecule has 0 spiro atoms. The van der Waals surface area contributed by atoms with Crippen LogP contribution < -0.4 is 5.32 Å². The molecule has 0 unspecified atom stereocenters. The standard InChI is InChI=1S/C14H15ClN2O2S/c1-8(2)19-14(20)16-13(18)11-9-6-4-5-7-10(9)17(3)12(11)15/h4-8H,1-3H3,(H,16,18,20). The predicted octanol–water partition coefficient (Wildman–Crippen LogP) is 3.27. The fourth-order valence-corrected chi connectivity index (χ4v) is 2.54. The first kappa shape index (κ1) is 14.8. The Balaban J connectivity index is 2.36. The van der Waals surface area contributed by atoms with E-state index in [1.54, 1.807) is 4.57 Å². The summed E-state index contributed by atoms with van der Waals surface area (Å²) in [6.45, 7) is 3.67. The average molecular weight is 311 g/mol. The van der Waals surface area contributed by atoms with Gasteiger partial charge >= 0.3 is 0 Å². The van der Waals surface area contributed by atoms with Crippen LogP contribution in [-0.4, -0.2) is 21.8 Å². The van der Waals surface area contributed by atoms with Gasteiger partial charge in [0.1, 0.15) is 5.15 Å². The van der Waals surface area contributed by atoms with E-state index < -0.39 is 0 Å². The summed E-state index contributed by atoms with van der Waals surface area (Å²) >= 11 is 11.2. The first-order valence-electron chi connectivity index (χ1n) is 6.16. The second kappa shape index (κ2) is 5.81. The van der Waals surface area contributed by atoms with Gasteiger partial charge in [0, 0.05) is 18.0 Å². The van der Waals surface area contributed by atoms with E-state index in [1.807, 2.05) is 45.2 Å². The number of halogens is 1. The second-order valence-corrected chi connectivity index (χ2v) is 5.38. The van der Waals surface area contributed by atoms with Crippen molar-refractivity contribution in [2.75, 3.05) is 0 Å². The summed E-state index contributed by atoms with van der Waals surface area (Å²) < 4.78 is 7.01. The van der Waals surface area contributed by atoms with Crippen LogP contribution in [0.2, 0.25) is 5.15 Å². The molecule has 1 heterocycles. The third-order valence-corrected chi connectivity index (χ3v) is 3.46. The molecule has 0 aliphatic rings. The van der Waals surface area contributed by atoms with E-state index in [0.717, 1.165) is 10.9 Å². The number of fused-ring (bicyclic) bond motifs is 1. The number of carbonyl (C=O) groups excluding carboxylic acids is 1. The van der Waals surface area contributed by atoms with E-state index in [4.69, 9.17) is 28.6 Å². The number of para-hydroxylation sites is 1. The molecule has 6 heteroatoms. The number of amides is 1. The van der Waals surface area contributed by atoms with Crippen molar-refractivity contribution in [2.24, 2.45) is 7.05 Å². The molecular weight excluding hydrogens is 296 g/mol. The molecule has 1 aromatic carbocycles. The zero-order valence-corrected chi connectivity index (χ0v) is 13.0. The van der Waals surface area contributed by atoms with Crippen molar-refractivity contribution in [3.63, 3.8) is 0 Å². The Labute approximate surface area is 127 Å². The fourth-order valence-electron chi connectivity index (χ4n) is 1.98. The lowest BCUT2D eigenvalue weighted by molar-refractivity contribution is 0.0964. The zero-order valence-electron chi connectivity index (χ0n) is 11.4. The van der Waals surface area contributed by atoms with Crippen LogP contribution in [0.1, 0.15) is 24.2 Å². The summed E-state index contributed by atoms with van der Waals surface area (Å²) in [5, 5.41) is 3.75. The topological polar surface area (TPSA) is 43.3 Å². The molecule has 0 saturated carbocycles. The number of thiocarbonyl (C=S) groups is 1. The number of benzene rings is 1. The van der Waals surface area contributed by atoms with Crippen molar-refractivity contribution in [1.82, 2.24) is 9.88 Å². The minimum atomic E-state index is -0.363. The highest BCUT2D eigenvalue weighted by Gasteiger charge is 2.20. The number of aromatic nitrogens is 1. The number of ether oxygens (including phenoxy) is 1. The largest absolute Gasteiger partial charge is 0.468 e. The zero-order chi connectivity index (χ0) is 14.9. The van der Waals surface area contributed by atoms with Crippen LogP contribution in [-0.2, 0) is 11.8 Å². The van der Waals surface area contributed by atoms with Crippen LogP contribution in [0.3, 0.4) is 0 Å². The van der Waals surface area contributed by atoms with Gasteiger partial charge in [0.2, 0.25) is 0 Å². The summed E-state index contributed by atoms with van der Waals surface area (Å²) in [5.74, 6) is -0.363. The normalized spacial score (nSPS) is 10.8. The van der Waals surface area contributed by atoms with E-state index in [2.05, 4.69) is 5.32 Å². The molecule has 0 aliphatic heterocycles. The molecule has 0 atom stereocenters. The molecule has 20 heavy (non-hydrogen) atoms. The maximum absolute atomic E-state index is 12.3. The minimum Gasteiger partial charge on any atom is -0.468 e. The van der Waals surface area contributed by atoms with Gasteiger partial charge in [0.25, 0.3) is 11.1 Å². The Kier molecular flexibility index (Phi) is 4.30. The van der Waals surface area contributed by atoms with Gasteiger partial charge in [0.15, 0.2) is 0 Å². The lowest BCUT2D eigenvalue weighted by atomic mass is 10.1. The Morgan fingerprint density at radius 2 is 2.05 bits per heavy atom. The van der Waals surface area contributed by atoms with Crippen LogP contribution in [0, 0.1) is 0 Å². The van der Waals surface area contributed by atoms with Crippen molar-refractivity contribution >= 4 is 45.8 Å². The number of aryl methyl sites for hydroxylation is 1. The molecule has 2 rings (SSSR count). The lowest BCUT2D eigenvalue weighted by Crippen LogP contribution is -2.32. The number of carbonyl (C=O) groups is 1. The highest BCUT2D eigenvalue weighted by atomic mass is 35.5. The van der Waals surface area contributed by atoms with Crippen LogP contribution in [0.5, 0.6) is 0 Å². The molecule has 0 aliphatic carbocycles. The maximum atomic E-state index is 12.3. The van der Waals surface area contributed by atoms with E-state index in [-0.39, 0.29) is 17.2 Å². The monoisotopic (exact) mass is 310 g/mol. The van der Waals surface area contributed by atoms with Gasteiger partial charge in [-0.2, -0.15) is 0 Å². The molecule has 4 nitrogen and oxygen atoms in total. The Morgan fingerprint density at radius 3 is 2.70 bits per heavy atom. The first-order chi connectivity index (χ1) is 9.41. The molecule has 1 N–H and O–H groups in total. The Hall–Kier alpha value is -1.59. The van der Waals surface area contributed by atoms with Crippen molar-refractivity contribution in [2.45, 2.75) is 20.0 Å². The Bertz CT molecular complexity index is 679. The van der Waals surface area contributed by atoms with Gasteiger partial charge in [-0.1, -0.05) is 29.8 Å². The van der Waals surface area contributed by atoms with Crippen LogP contribution in [0.25, 0.3) is 10.9 Å². The number of rotatable bonds is 2. The lowest BCUT2D eigenvalue weighted by Gasteiger charge is -2.11. The van der Waals surface area contributed by atoms with Crippen molar-refractivity contribution < 1.29 is 9.53 Å². The summed E-state index contributed by atoms with van der Waals surface area (Å²) in [5.41, 5.74) is 1.29. The van der Waals surface area contributed by atoms with Gasteiger partial charge < -0.3 is 9.30 Å². The van der Waals surface area contributed by atoms with Gasteiger partial charge in [-0.3, -0.25) is 10.1 Å². The highest BCUT2D eigenvalue weighted by Crippen LogP contribution is 2.28. The molecule has 0 saturated heterocycles. The number of hydrogen-bond acceptors (Lipinski definition) is 3. The predicted molar refractivity (Wildman–Crippen MR) is 84.2 cm³/mol. The third kappa shape index (κ3) is 2.78. The molecular formula is C14H15ClN2O2S. The molecule has 2 aromatic rings. The van der Waals surface area contributed by atoms with E-state index in [0.29, 0.717) is 10.7 Å². The summed E-state index contributed by atoms with van der Waals surface area (Å²) in [6, 6.07) is 7.51. The second-order valence-electron chi connectivity index (χ2n) is 4.65. The smallest absolute Gasteiger partial charge is 0.263 e. The van der Waals surface area contributed by atoms with Crippen LogP contribution in [0.15, 0.2) is 24.3 Å². The van der Waals surface area contributed by atoms with Crippen molar-refractivity contribution in [1.29, 1.82) is 0 Å². The molecule has 106 valence electrons. The number of nitrogens with zero attached hydrogens (tertiary/aromatic N) is 1. The van der Waals surface area contributed by atoms with Gasteiger partial charge in [0.05, 0.1) is 11.7 Å². The average Bonchev–Trinajstić information content (AvgIpc) is 2.61. The molecule has 0 fully saturated rings. The molecule has 0 bridgehead atoms. The van der Waals surface area contributed by atoms with Gasteiger partial charge in [-0.15, -0.1) is 0 Å². The highest BCUT2D eigenvalue weighted by molar-refractivity contribution is 7.80. The van der Waals surface area contributed by atoms with Crippen molar-refractivity contribution in [3.05, 3.63) is 35.0 Å². The third-order valence-electron chi connectivity index (χ3n) is 2.82. The van der Waals surface area contributed by atoms with Gasteiger partial charge in [-0.05, 0) is 32.1 Å². The maximum Gasteiger partial charge on any atom is 0.263 e. The van der Waals surface area contributed by atoms with Gasteiger partial charge in [-0.25, -0.2) is 0 Å². The van der Waals surface area contributed by atoms with Crippen molar-refractivity contribution in [3.8, 4) is 0 Å². The molecule has 1 aromatic heterocycles. The molecule has 1 amide bonds. The summed E-state index contributed by atoms with van der Waals surface area (Å²) in [4.78, 5) is 12.3. The number of hydrogen-bond donors (Lipinski definition) is 1. The molecule has 0 radical (unpaired) electrons. The van der Waals surface area contributed by atoms with Crippen LogP contribution >= 0.6 is 23.8 Å².